The van der Waals surface area contributed by atoms with Gasteiger partial charge in [0.25, 0.3) is 0 Å². The fourth-order valence-electron chi connectivity index (χ4n) is 3.88. The number of hydrogen-bond donors (Lipinski definition) is 3. The summed E-state index contributed by atoms with van der Waals surface area (Å²) in [5.74, 6) is -2.63. The van der Waals surface area contributed by atoms with Gasteiger partial charge in [-0.05, 0) is 36.4 Å². The van der Waals surface area contributed by atoms with Gasteiger partial charge >= 0.3 is 17.9 Å². The summed E-state index contributed by atoms with van der Waals surface area (Å²) < 4.78 is 16.1. The molecule has 4 rings (SSSR count). The first-order valence-electron chi connectivity index (χ1n) is 11.2. The fraction of sp³-hybridized carbons (Fsp3) is 0.222. The average Bonchev–Trinajstić information content (AvgIpc) is 2.92. The lowest BCUT2D eigenvalue weighted by Crippen LogP contribution is -2.66. The molecule has 0 aromatic heterocycles. The van der Waals surface area contributed by atoms with Crippen LogP contribution in [-0.4, -0.2) is 69.9 Å². The van der Waals surface area contributed by atoms with E-state index in [1.165, 1.54) is 36.4 Å². The van der Waals surface area contributed by atoms with E-state index < -0.39 is 54.5 Å². The number of aliphatic hydroxyl groups excluding tert-OH is 3. The first-order valence-corrected chi connectivity index (χ1v) is 11.2. The second kappa shape index (κ2) is 11.1. The molecule has 1 fully saturated rings. The van der Waals surface area contributed by atoms with Gasteiger partial charge in [-0.2, -0.15) is 0 Å². The molecule has 1 aliphatic rings. The third-order valence-corrected chi connectivity index (χ3v) is 5.78. The number of aliphatic hydroxyl groups is 3. The van der Waals surface area contributed by atoms with Crippen molar-refractivity contribution in [2.24, 2.45) is 0 Å². The molecule has 186 valence electrons. The SMILES string of the molecule is O=C(O[C@@H]1[C@H](O)[C@H](O)[C@@H](OC(=O)c2ccccc2)[C@H](OC(=O)c2ccccc2)[C@H]1O)c1ccccc1. The van der Waals surface area contributed by atoms with Crippen LogP contribution in [0, 0.1) is 0 Å². The molecule has 0 radical (unpaired) electrons. The number of carbonyl (C=O) groups is 3. The van der Waals surface area contributed by atoms with Gasteiger partial charge in [0.2, 0.25) is 0 Å². The molecule has 0 aliphatic heterocycles. The summed E-state index contributed by atoms with van der Waals surface area (Å²) in [6.07, 6.45) is -10.6. The molecule has 3 aromatic rings. The molecular weight excluding hydrogens is 468 g/mol. The summed E-state index contributed by atoms with van der Waals surface area (Å²) in [5, 5.41) is 32.6. The van der Waals surface area contributed by atoms with E-state index in [0.717, 1.165) is 0 Å². The first-order chi connectivity index (χ1) is 17.4. The molecule has 3 N–H and O–H groups in total. The number of esters is 3. The molecule has 6 atom stereocenters. The van der Waals surface area contributed by atoms with Crippen molar-refractivity contribution in [2.75, 3.05) is 0 Å². The zero-order valence-corrected chi connectivity index (χ0v) is 18.9. The second-order valence-electron chi connectivity index (χ2n) is 8.18. The molecule has 0 unspecified atom stereocenters. The molecule has 9 heteroatoms. The van der Waals surface area contributed by atoms with Gasteiger partial charge in [0.15, 0.2) is 18.3 Å². The van der Waals surface area contributed by atoms with Gasteiger partial charge < -0.3 is 29.5 Å². The van der Waals surface area contributed by atoms with Crippen LogP contribution in [0.4, 0.5) is 0 Å². The summed E-state index contributed by atoms with van der Waals surface area (Å²) in [6, 6.07) is 23.5. The lowest BCUT2D eigenvalue weighted by molar-refractivity contribution is -0.223. The zero-order valence-electron chi connectivity index (χ0n) is 18.9. The Morgan fingerprint density at radius 2 is 0.722 bits per heavy atom. The second-order valence-corrected chi connectivity index (χ2v) is 8.18. The summed E-state index contributed by atoms with van der Waals surface area (Å²) in [4.78, 5) is 38.1. The third kappa shape index (κ3) is 5.44. The number of carbonyl (C=O) groups excluding carboxylic acids is 3. The highest BCUT2D eigenvalue weighted by atomic mass is 16.6. The largest absolute Gasteiger partial charge is 0.453 e. The molecule has 0 heterocycles. The molecule has 0 saturated heterocycles. The fourth-order valence-corrected chi connectivity index (χ4v) is 3.88. The van der Waals surface area contributed by atoms with Crippen molar-refractivity contribution < 1.29 is 43.9 Å². The Morgan fingerprint density at radius 3 is 1.08 bits per heavy atom. The molecule has 3 aromatic carbocycles. The van der Waals surface area contributed by atoms with Crippen LogP contribution in [0.3, 0.4) is 0 Å². The minimum atomic E-state index is -1.86. The van der Waals surface area contributed by atoms with Gasteiger partial charge in [-0.25, -0.2) is 14.4 Å². The standard InChI is InChI=1S/C27H24O9/c28-19-20(29)23(35-26(32)17-12-6-2-7-13-17)24(36-27(33)18-14-8-3-9-15-18)21(30)22(19)34-25(31)16-10-4-1-5-11-16/h1-15,19-24,28-30H/t19-,20+,21+,22-,23-,24-/m1/s1. The van der Waals surface area contributed by atoms with Gasteiger partial charge in [0, 0.05) is 0 Å². The highest BCUT2D eigenvalue weighted by Crippen LogP contribution is 2.30. The molecule has 0 bridgehead atoms. The topological polar surface area (TPSA) is 140 Å². The maximum Gasteiger partial charge on any atom is 0.338 e. The summed E-state index contributed by atoms with van der Waals surface area (Å²) >= 11 is 0. The van der Waals surface area contributed by atoms with E-state index in [9.17, 15) is 29.7 Å². The van der Waals surface area contributed by atoms with Gasteiger partial charge in [-0.1, -0.05) is 54.6 Å². The Bertz CT molecular complexity index is 1180. The van der Waals surface area contributed by atoms with Crippen LogP contribution in [0.5, 0.6) is 0 Å². The highest BCUT2D eigenvalue weighted by Gasteiger charge is 2.55. The van der Waals surface area contributed by atoms with Crippen molar-refractivity contribution in [3.63, 3.8) is 0 Å². The Balaban J connectivity index is 1.61. The normalized spacial score (nSPS) is 25.4. The van der Waals surface area contributed by atoms with Crippen LogP contribution in [0.1, 0.15) is 31.1 Å². The number of hydrogen-bond acceptors (Lipinski definition) is 9. The summed E-state index contributed by atoms with van der Waals surface area (Å²) in [5.41, 5.74) is 0.414. The predicted octanol–water partition coefficient (Wildman–Crippen LogP) is 1.76. The van der Waals surface area contributed by atoms with Crippen molar-refractivity contribution in [1.29, 1.82) is 0 Å². The number of rotatable bonds is 6. The molecule has 1 saturated carbocycles. The van der Waals surface area contributed by atoms with Crippen molar-refractivity contribution in [3.05, 3.63) is 108 Å². The van der Waals surface area contributed by atoms with Gasteiger partial charge in [-0.3, -0.25) is 0 Å². The molecule has 0 spiro atoms. The van der Waals surface area contributed by atoms with Crippen LogP contribution in [0.15, 0.2) is 91.0 Å². The molecule has 36 heavy (non-hydrogen) atoms. The Hall–Kier alpha value is -4.05. The van der Waals surface area contributed by atoms with Crippen molar-refractivity contribution >= 4 is 17.9 Å². The van der Waals surface area contributed by atoms with E-state index in [1.54, 1.807) is 54.6 Å². The first kappa shape index (κ1) is 25.1. The van der Waals surface area contributed by atoms with E-state index >= 15 is 0 Å². The van der Waals surface area contributed by atoms with Crippen LogP contribution < -0.4 is 0 Å². The lowest BCUT2D eigenvalue weighted by Gasteiger charge is -2.43. The predicted molar refractivity (Wildman–Crippen MR) is 125 cm³/mol. The average molecular weight is 492 g/mol. The minimum absolute atomic E-state index is 0.135. The lowest BCUT2D eigenvalue weighted by atomic mass is 9.84. The van der Waals surface area contributed by atoms with E-state index in [1.807, 2.05) is 0 Å². The van der Waals surface area contributed by atoms with E-state index in [-0.39, 0.29) is 16.7 Å². The quantitative estimate of drug-likeness (QED) is 0.347. The van der Waals surface area contributed by atoms with Gasteiger partial charge in [-0.15, -0.1) is 0 Å². The molecular formula is C27H24O9. The molecule has 1 aliphatic carbocycles. The number of benzene rings is 3. The minimum Gasteiger partial charge on any atom is -0.453 e. The van der Waals surface area contributed by atoms with Crippen LogP contribution in [0.2, 0.25) is 0 Å². The monoisotopic (exact) mass is 492 g/mol. The van der Waals surface area contributed by atoms with E-state index in [2.05, 4.69) is 0 Å². The Morgan fingerprint density at radius 1 is 0.444 bits per heavy atom. The van der Waals surface area contributed by atoms with E-state index in [4.69, 9.17) is 14.2 Å². The smallest absolute Gasteiger partial charge is 0.338 e. The number of ether oxygens (including phenoxy) is 3. The maximum atomic E-state index is 12.8. The van der Waals surface area contributed by atoms with Gasteiger partial charge in [0.05, 0.1) is 16.7 Å². The van der Waals surface area contributed by atoms with Crippen LogP contribution in [0.25, 0.3) is 0 Å². The molecule has 0 amide bonds. The Kier molecular flexibility index (Phi) is 7.74. The maximum absolute atomic E-state index is 12.8. The van der Waals surface area contributed by atoms with Crippen molar-refractivity contribution in [2.45, 2.75) is 36.6 Å². The third-order valence-electron chi connectivity index (χ3n) is 5.78. The van der Waals surface area contributed by atoms with Crippen molar-refractivity contribution in [1.82, 2.24) is 0 Å². The Labute approximate surface area is 206 Å². The summed E-state index contributed by atoms with van der Waals surface area (Å²) in [7, 11) is 0. The van der Waals surface area contributed by atoms with Gasteiger partial charge in [0.1, 0.15) is 18.3 Å². The zero-order chi connectivity index (χ0) is 25.7. The molecule has 9 nitrogen and oxygen atoms in total. The van der Waals surface area contributed by atoms with Crippen LogP contribution in [-0.2, 0) is 14.2 Å². The summed E-state index contributed by atoms with van der Waals surface area (Å²) in [6.45, 7) is 0. The van der Waals surface area contributed by atoms with E-state index in [0.29, 0.717) is 0 Å². The van der Waals surface area contributed by atoms with Crippen molar-refractivity contribution in [3.8, 4) is 0 Å². The van der Waals surface area contributed by atoms with Crippen LogP contribution >= 0.6 is 0 Å². The highest BCUT2D eigenvalue weighted by molar-refractivity contribution is 5.91.